The molecule has 0 spiro atoms. The van der Waals surface area contributed by atoms with Crippen molar-refractivity contribution >= 4 is 5.91 Å². The number of hydrogen-bond acceptors (Lipinski definition) is 3. The first-order valence-electron chi connectivity index (χ1n) is 8.94. The summed E-state index contributed by atoms with van der Waals surface area (Å²) in [5.41, 5.74) is 2.03. The number of carbonyl (C=O) groups excluding carboxylic acids is 1. The maximum Gasteiger partial charge on any atom is 0.257 e. The van der Waals surface area contributed by atoms with E-state index in [4.69, 9.17) is 4.42 Å². The number of amides is 1. The third kappa shape index (κ3) is 2.98. The van der Waals surface area contributed by atoms with Crippen molar-refractivity contribution in [3.63, 3.8) is 0 Å². The molecule has 0 bridgehead atoms. The van der Waals surface area contributed by atoms with Gasteiger partial charge in [0.1, 0.15) is 6.26 Å². The van der Waals surface area contributed by atoms with Crippen molar-refractivity contribution in [1.29, 1.82) is 0 Å². The molecule has 1 amide bonds. The maximum atomic E-state index is 12.8. The number of nitrogens with zero attached hydrogens (tertiary/aromatic N) is 2. The normalized spacial score (nSPS) is 24.6. The predicted octanol–water partition coefficient (Wildman–Crippen LogP) is 3.55. The van der Waals surface area contributed by atoms with Crippen molar-refractivity contribution in [1.82, 2.24) is 9.80 Å². The Hall–Kier alpha value is -2.07. The molecule has 126 valence electrons. The van der Waals surface area contributed by atoms with Crippen LogP contribution in [0.4, 0.5) is 0 Å². The number of furan rings is 1. The van der Waals surface area contributed by atoms with Gasteiger partial charge in [-0.3, -0.25) is 9.69 Å². The van der Waals surface area contributed by atoms with Gasteiger partial charge in [-0.2, -0.15) is 0 Å². The summed E-state index contributed by atoms with van der Waals surface area (Å²) >= 11 is 0. The molecule has 2 saturated heterocycles. The highest BCUT2D eigenvalue weighted by molar-refractivity contribution is 5.94. The minimum atomic E-state index is 0.123. The van der Waals surface area contributed by atoms with Crippen LogP contribution >= 0.6 is 0 Å². The molecule has 2 unspecified atom stereocenters. The second-order valence-corrected chi connectivity index (χ2v) is 6.89. The van der Waals surface area contributed by atoms with Crippen LogP contribution in [0.3, 0.4) is 0 Å². The Balaban J connectivity index is 1.49. The Kier molecular flexibility index (Phi) is 4.39. The molecule has 2 aliphatic heterocycles. The van der Waals surface area contributed by atoms with E-state index >= 15 is 0 Å². The number of rotatable bonds is 4. The van der Waals surface area contributed by atoms with E-state index in [0.717, 1.165) is 32.5 Å². The van der Waals surface area contributed by atoms with Crippen LogP contribution in [0.1, 0.15) is 41.6 Å². The Bertz CT molecular complexity index is 668. The molecule has 1 aromatic carbocycles. The Labute approximate surface area is 143 Å². The van der Waals surface area contributed by atoms with E-state index < -0.39 is 0 Å². The van der Waals surface area contributed by atoms with Gasteiger partial charge in [0.15, 0.2) is 0 Å². The third-order valence-electron chi connectivity index (χ3n) is 5.42. The second-order valence-electron chi connectivity index (χ2n) is 6.89. The summed E-state index contributed by atoms with van der Waals surface area (Å²) in [5, 5.41) is 0. The van der Waals surface area contributed by atoms with Gasteiger partial charge in [0, 0.05) is 25.2 Å². The molecule has 4 heteroatoms. The van der Waals surface area contributed by atoms with E-state index in [0.29, 0.717) is 17.6 Å². The van der Waals surface area contributed by atoms with Crippen molar-refractivity contribution in [2.75, 3.05) is 13.1 Å². The highest BCUT2D eigenvalue weighted by Gasteiger charge is 2.39. The zero-order chi connectivity index (χ0) is 16.4. The molecule has 3 heterocycles. The summed E-state index contributed by atoms with van der Waals surface area (Å²) in [6.45, 7) is 2.98. The van der Waals surface area contributed by atoms with Crippen LogP contribution in [0.15, 0.2) is 53.3 Å². The second kappa shape index (κ2) is 6.81. The number of carbonyl (C=O) groups is 1. The van der Waals surface area contributed by atoms with Crippen molar-refractivity contribution < 1.29 is 9.21 Å². The summed E-state index contributed by atoms with van der Waals surface area (Å²) in [5.74, 6) is 0.123. The highest BCUT2D eigenvalue weighted by atomic mass is 16.3. The molecule has 0 aliphatic carbocycles. The van der Waals surface area contributed by atoms with Gasteiger partial charge >= 0.3 is 0 Å². The summed E-state index contributed by atoms with van der Waals surface area (Å²) in [4.78, 5) is 17.4. The Morgan fingerprint density at radius 3 is 2.62 bits per heavy atom. The average molecular weight is 324 g/mol. The van der Waals surface area contributed by atoms with Crippen LogP contribution in [-0.2, 0) is 6.54 Å². The van der Waals surface area contributed by atoms with Crippen molar-refractivity contribution in [2.45, 2.75) is 44.3 Å². The lowest BCUT2D eigenvalue weighted by molar-refractivity contribution is 0.0638. The molecule has 2 aromatic rings. The monoisotopic (exact) mass is 324 g/mol. The molecule has 0 saturated carbocycles. The molecule has 0 N–H and O–H groups in total. The minimum absolute atomic E-state index is 0.123. The zero-order valence-electron chi connectivity index (χ0n) is 13.9. The minimum Gasteiger partial charge on any atom is -0.472 e. The van der Waals surface area contributed by atoms with Crippen molar-refractivity contribution in [2.24, 2.45) is 0 Å². The highest BCUT2D eigenvalue weighted by Crippen LogP contribution is 2.32. The summed E-state index contributed by atoms with van der Waals surface area (Å²) in [6.07, 6.45) is 7.77. The van der Waals surface area contributed by atoms with Gasteiger partial charge in [-0.1, -0.05) is 30.3 Å². The Morgan fingerprint density at radius 2 is 1.83 bits per heavy atom. The summed E-state index contributed by atoms with van der Waals surface area (Å²) in [6, 6.07) is 13.2. The van der Waals surface area contributed by atoms with Crippen LogP contribution < -0.4 is 0 Å². The molecule has 0 radical (unpaired) electrons. The molecule has 4 rings (SSSR count). The molecule has 2 atom stereocenters. The van der Waals surface area contributed by atoms with Gasteiger partial charge in [-0.05, 0) is 43.9 Å². The predicted molar refractivity (Wildman–Crippen MR) is 92.6 cm³/mol. The van der Waals surface area contributed by atoms with E-state index in [1.807, 2.05) is 0 Å². The quantitative estimate of drug-likeness (QED) is 0.863. The number of hydrogen-bond donors (Lipinski definition) is 0. The smallest absolute Gasteiger partial charge is 0.257 e. The first kappa shape index (κ1) is 15.5. The fourth-order valence-corrected chi connectivity index (χ4v) is 4.30. The number of benzene rings is 1. The largest absolute Gasteiger partial charge is 0.472 e. The molecule has 2 fully saturated rings. The standard InChI is InChI=1S/C20H24N2O2/c23-20(17-10-13-24-15-17)22-12-5-9-19(22)18-8-4-11-21(18)14-16-6-2-1-3-7-16/h1-3,6-7,10,13,15,18-19H,4-5,8-9,11-12,14H2. The molecule has 4 nitrogen and oxygen atoms in total. The number of likely N-dealkylation sites (tertiary alicyclic amines) is 2. The van der Waals surface area contributed by atoms with Crippen molar-refractivity contribution in [3.05, 3.63) is 60.1 Å². The lowest BCUT2D eigenvalue weighted by Gasteiger charge is -2.35. The topological polar surface area (TPSA) is 36.7 Å². The van der Waals surface area contributed by atoms with Gasteiger partial charge < -0.3 is 9.32 Å². The van der Waals surface area contributed by atoms with Gasteiger partial charge in [0.25, 0.3) is 5.91 Å². The fourth-order valence-electron chi connectivity index (χ4n) is 4.30. The van der Waals surface area contributed by atoms with Crippen LogP contribution in [-0.4, -0.2) is 40.9 Å². The lowest BCUT2D eigenvalue weighted by Crippen LogP contribution is -2.48. The van der Waals surface area contributed by atoms with E-state index in [-0.39, 0.29) is 5.91 Å². The zero-order valence-corrected chi connectivity index (χ0v) is 13.9. The van der Waals surface area contributed by atoms with Crippen LogP contribution in [0.25, 0.3) is 0 Å². The van der Waals surface area contributed by atoms with Crippen LogP contribution in [0.5, 0.6) is 0 Å². The van der Waals surface area contributed by atoms with Gasteiger partial charge in [-0.15, -0.1) is 0 Å². The molecule has 24 heavy (non-hydrogen) atoms. The summed E-state index contributed by atoms with van der Waals surface area (Å²) < 4.78 is 5.10. The Morgan fingerprint density at radius 1 is 1.04 bits per heavy atom. The SMILES string of the molecule is O=C(c1ccoc1)N1CCCC1C1CCCN1Cc1ccccc1. The van der Waals surface area contributed by atoms with E-state index in [1.165, 1.54) is 18.4 Å². The maximum absolute atomic E-state index is 12.8. The first-order valence-corrected chi connectivity index (χ1v) is 8.94. The average Bonchev–Trinajstić information content (AvgIpc) is 3.36. The first-order chi connectivity index (χ1) is 11.8. The molecule has 2 aliphatic rings. The van der Waals surface area contributed by atoms with Gasteiger partial charge in [0.2, 0.25) is 0 Å². The molecular weight excluding hydrogens is 300 g/mol. The van der Waals surface area contributed by atoms with E-state index in [2.05, 4.69) is 40.1 Å². The summed E-state index contributed by atoms with van der Waals surface area (Å²) in [7, 11) is 0. The van der Waals surface area contributed by atoms with E-state index in [1.54, 1.807) is 18.6 Å². The van der Waals surface area contributed by atoms with Crippen LogP contribution in [0, 0.1) is 0 Å². The third-order valence-corrected chi connectivity index (χ3v) is 5.42. The van der Waals surface area contributed by atoms with Crippen molar-refractivity contribution in [3.8, 4) is 0 Å². The molecular formula is C20H24N2O2. The van der Waals surface area contributed by atoms with Gasteiger partial charge in [0.05, 0.1) is 11.8 Å². The fraction of sp³-hybridized carbons (Fsp3) is 0.450. The van der Waals surface area contributed by atoms with E-state index in [9.17, 15) is 4.79 Å². The lowest BCUT2D eigenvalue weighted by atomic mass is 10.0. The van der Waals surface area contributed by atoms with Gasteiger partial charge in [-0.25, -0.2) is 0 Å². The van der Waals surface area contributed by atoms with Crippen LogP contribution in [0.2, 0.25) is 0 Å². The molecule has 1 aromatic heterocycles.